The maximum atomic E-state index is 11.7. The minimum Gasteiger partial charge on any atom is -0.481 e. The van der Waals surface area contributed by atoms with Crippen LogP contribution in [0.15, 0.2) is 22.7 Å². The number of aliphatic carboxylic acids is 1. The highest BCUT2D eigenvalue weighted by molar-refractivity contribution is 9.10. The van der Waals surface area contributed by atoms with Gasteiger partial charge in [0.2, 0.25) is 0 Å². The van der Waals surface area contributed by atoms with E-state index in [2.05, 4.69) is 22.0 Å². The number of carboxylic acid groups (broad SMARTS) is 1. The molecule has 0 aliphatic heterocycles. The Hall–Kier alpha value is -0.830. The Bertz CT molecular complexity index is 485. The average molecular weight is 309 g/mol. The van der Waals surface area contributed by atoms with Crippen LogP contribution in [0.4, 0.5) is 0 Å². The number of carboxylic acids is 1. The Kier molecular flexibility index (Phi) is 2.97. The number of rotatable bonds is 3. The standard InChI is InChI=1S/C15H17BrO2/c16-13-9-11(5-6-12(13)10-3-4-10)15(14(17)18)7-1-2-8-15/h5-6,9-10H,1-4,7-8H2,(H,17,18). The van der Waals surface area contributed by atoms with Crippen LogP contribution in [0.5, 0.6) is 0 Å². The number of hydrogen-bond donors (Lipinski definition) is 1. The number of benzene rings is 1. The second-order valence-corrected chi connectivity index (χ2v) is 6.46. The van der Waals surface area contributed by atoms with Crippen LogP contribution >= 0.6 is 15.9 Å². The molecule has 0 amide bonds. The fraction of sp³-hybridized carbons (Fsp3) is 0.533. The van der Waals surface area contributed by atoms with Crippen molar-refractivity contribution >= 4 is 21.9 Å². The monoisotopic (exact) mass is 308 g/mol. The summed E-state index contributed by atoms with van der Waals surface area (Å²) >= 11 is 3.62. The van der Waals surface area contributed by atoms with Gasteiger partial charge in [-0.2, -0.15) is 0 Å². The van der Waals surface area contributed by atoms with Crippen molar-refractivity contribution in [1.29, 1.82) is 0 Å². The molecule has 96 valence electrons. The number of halogens is 1. The van der Waals surface area contributed by atoms with Crippen molar-refractivity contribution in [3.8, 4) is 0 Å². The Morgan fingerprint density at radius 3 is 2.44 bits per heavy atom. The van der Waals surface area contributed by atoms with E-state index in [1.165, 1.54) is 18.4 Å². The first-order chi connectivity index (χ1) is 8.63. The third kappa shape index (κ3) is 1.89. The van der Waals surface area contributed by atoms with Crippen LogP contribution in [0, 0.1) is 0 Å². The van der Waals surface area contributed by atoms with Crippen LogP contribution in [0.2, 0.25) is 0 Å². The molecule has 1 aromatic rings. The van der Waals surface area contributed by atoms with E-state index in [9.17, 15) is 9.90 Å². The Balaban J connectivity index is 2.00. The summed E-state index contributed by atoms with van der Waals surface area (Å²) in [4.78, 5) is 11.7. The average Bonchev–Trinajstić information content (AvgIpc) is 3.05. The van der Waals surface area contributed by atoms with E-state index in [1.54, 1.807) is 0 Å². The summed E-state index contributed by atoms with van der Waals surface area (Å²) in [7, 11) is 0. The zero-order valence-corrected chi connectivity index (χ0v) is 11.9. The molecule has 3 heteroatoms. The summed E-state index contributed by atoms with van der Waals surface area (Å²) in [5.74, 6) is 0.0313. The van der Waals surface area contributed by atoms with Crippen molar-refractivity contribution in [2.75, 3.05) is 0 Å². The largest absolute Gasteiger partial charge is 0.481 e. The molecular weight excluding hydrogens is 292 g/mol. The first kappa shape index (κ1) is 12.2. The Morgan fingerprint density at radius 1 is 1.28 bits per heavy atom. The molecule has 3 rings (SSSR count). The maximum absolute atomic E-state index is 11.7. The van der Waals surface area contributed by atoms with Gasteiger partial charge in [-0.25, -0.2) is 0 Å². The third-order valence-electron chi connectivity index (χ3n) is 4.44. The zero-order chi connectivity index (χ0) is 12.8. The zero-order valence-electron chi connectivity index (χ0n) is 10.3. The van der Waals surface area contributed by atoms with Gasteiger partial charge in [-0.05, 0) is 48.8 Å². The van der Waals surface area contributed by atoms with Crippen LogP contribution < -0.4 is 0 Å². The van der Waals surface area contributed by atoms with Gasteiger partial charge in [0.1, 0.15) is 0 Å². The fourth-order valence-electron chi connectivity index (χ4n) is 3.15. The van der Waals surface area contributed by atoms with Gasteiger partial charge in [0.15, 0.2) is 0 Å². The first-order valence-corrected chi connectivity index (χ1v) is 7.46. The highest BCUT2D eigenvalue weighted by Gasteiger charge is 2.43. The second kappa shape index (κ2) is 4.37. The van der Waals surface area contributed by atoms with E-state index in [1.807, 2.05) is 12.1 Å². The van der Waals surface area contributed by atoms with Crippen molar-refractivity contribution < 1.29 is 9.90 Å². The molecule has 2 saturated carbocycles. The van der Waals surface area contributed by atoms with E-state index in [4.69, 9.17) is 0 Å². The van der Waals surface area contributed by atoms with Crippen molar-refractivity contribution in [1.82, 2.24) is 0 Å². The highest BCUT2D eigenvalue weighted by Crippen LogP contribution is 2.46. The summed E-state index contributed by atoms with van der Waals surface area (Å²) in [6, 6.07) is 6.21. The van der Waals surface area contributed by atoms with Crippen LogP contribution in [0.3, 0.4) is 0 Å². The van der Waals surface area contributed by atoms with Gasteiger partial charge in [0.05, 0.1) is 5.41 Å². The summed E-state index contributed by atoms with van der Waals surface area (Å²) in [5, 5.41) is 9.58. The van der Waals surface area contributed by atoms with Gasteiger partial charge in [-0.3, -0.25) is 4.79 Å². The van der Waals surface area contributed by atoms with Crippen molar-refractivity contribution in [3.63, 3.8) is 0 Å². The molecule has 0 heterocycles. The van der Waals surface area contributed by atoms with Crippen LogP contribution in [0.25, 0.3) is 0 Å². The molecule has 2 fully saturated rings. The maximum Gasteiger partial charge on any atom is 0.314 e. The predicted molar refractivity (Wildman–Crippen MR) is 73.9 cm³/mol. The minimum absolute atomic E-state index is 0.634. The normalized spacial score (nSPS) is 22.1. The van der Waals surface area contributed by atoms with Crippen molar-refractivity contribution in [2.45, 2.75) is 49.9 Å². The summed E-state index contributed by atoms with van der Waals surface area (Å²) < 4.78 is 1.09. The second-order valence-electron chi connectivity index (χ2n) is 5.60. The van der Waals surface area contributed by atoms with Gasteiger partial charge in [-0.15, -0.1) is 0 Å². The van der Waals surface area contributed by atoms with E-state index < -0.39 is 11.4 Å². The minimum atomic E-state index is -0.661. The third-order valence-corrected chi connectivity index (χ3v) is 5.12. The summed E-state index contributed by atoms with van der Waals surface area (Å²) in [5.41, 5.74) is 1.69. The van der Waals surface area contributed by atoms with Crippen LogP contribution in [-0.4, -0.2) is 11.1 Å². The van der Waals surface area contributed by atoms with Gasteiger partial charge in [0, 0.05) is 4.47 Å². The lowest BCUT2D eigenvalue weighted by molar-refractivity contribution is -0.143. The van der Waals surface area contributed by atoms with Gasteiger partial charge in [-0.1, -0.05) is 40.9 Å². The lowest BCUT2D eigenvalue weighted by Gasteiger charge is -2.25. The van der Waals surface area contributed by atoms with Crippen LogP contribution in [-0.2, 0) is 10.2 Å². The molecule has 0 atom stereocenters. The molecule has 0 saturated heterocycles. The van der Waals surface area contributed by atoms with E-state index in [0.717, 1.165) is 35.7 Å². The molecule has 2 aliphatic rings. The number of hydrogen-bond acceptors (Lipinski definition) is 1. The lowest BCUT2D eigenvalue weighted by atomic mass is 9.78. The molecule has 2 nitrogen and oxygen atoms in total. The molecule has 0 unspecified atom stereocenters. The summed E-state index contributed by atoms with van der Waals surface area (Å²) in [6.07, 6.45) is 6.13. The molecule has 1 N–H and O–H groups in total. The SMILES string of the molecule is O=C(O)C1(c2ccc(C3CC3)c(Br)c2)CCCC1. The molecule has 0 radical (unpaired) electrons. The molecule has 1 aromatic carbocycles. The lowest BCUT2D eigenvalue weighted by Crippen LogP contribution is -2.32. The van der Waals surface area contributed by atoms with Gasteiger partial charge in [0.25, 0.3) is 0 Å². The van der Waals surface area contributed by atoms with Gasteiger partial charge < -0.3 is 5.11 Å². The molecule has 18 heavy (non-hydrogen) atoms. The smallest absolute Gasteiger partial charge is 0.314 e. The molecule has 0 bridgehead atoms. The highest BCUT2D eigenvalue weighted by atomic mass is 79.9. The first-order valence-electron chi connectivity index (χ1n) is 6.67. The van der Waals surface area contributed by atoms with Crippen molar-refractivity contribution in [3.05, 3.63) is 33.8 Å². The Labute approximate surface area is 116 Å². The predicted octanol–water partition coefficient (Wildman–Crippen LogP) is 4.22. The summed E-state index contributed by atoms with van der Waals surface area (Å²) in [6.45, 7) is 0. The molecular formula is C15H17BrO2. The van der Waals surface area contributed by atoms with Crippen LogP contribution in [0.1, 0.15) is 55.6 Å². The van der Waals surface area contributed by atoms with E-state index >= 15 is 0 Å². The van der Waals surface area contributed by atoms with Gasteiger partial charge >= 0.3 is 5.97 Å². The van der Waals surface area contributed by atoms with E-state index in [-0.39, 0.29) is 0 Å². The quantitative estimate of drug-likeness (QED) is 0.907. The molecule has 2 aliphatic carbocycles. The topological polar surface area (TPSA) is 37.3 Å². The Morgan fingerprint density at radius 2 is 1.94 bits per heavy atom. The van der Waals surface area contributed by atoms with Crippen molar-refractivity contribution in [2.24, 2.45) is 0 Å². The molecule has 0 spiro atoms. The number of carbonyl (C=O) groups is 1. The molecule has 0 aromatic heterocycles. The fourth-order valence-corrected chi connectivity index (χ4v) is 3.86. The van der Waals surface area contributed by atoms with E-state index in [0.29, 0.717) is 5.92 Å².